The van der Waals surface area contributed by atoms with Crippen molar-refractivity contribution in [1.82, 2.24) is 4.98 Å². The molecule has 1 aromatic heterocycles. The van der Waals surface area contributed by atoms with Crippen LogP contribution in [0.2, 0.25) is 5.02 Å². The highest BCUT2D eigenvalue weighted by Gasteiger charge is 2.31. The Morgan fingerprint density at radius 3 is 2.59 bits per heavy atom. The zero-order valence-electron chi connectivity index (χ0n) is 16.9. The number of benzene rings is 2. The van der Waals surface area contributed by atoms with E-state index in [4.69, 9.17) is 27.9 Å². The van der Waals surface area contributed by atoms with Crippen LogP contribution < -0.4 is 0 Å². The van der Waals surface area contributed by atoms with Crippen molar-refractivity contribution >= 4 is 45.6 Å². The molecule has 0 saturated heterocycles. The summed E-state index contributed by atoms with van der Waals surface area (Å²) in [7, 11) is 0. The molecule has 1 heterocycles. The number of nitrogens with zero attached hydrogens (tertiary/aromatic N) is 1. The highest BCUT2D eigenvalue weighted by atomic mass is 35.5. The van der Waals surface area contributed by atoms with Crippen molar-refractivity contribution in [1.29, 1.82) is 0 Å². The molecule has 0 saturated carbocycles. The van der Waals surface area contributed by atoms with Gasteiger partial charge in [0.05, 0.1) is 12.7 Å². The molecule has 0 spiro atoms. The van der Waals surface area contributed by atoms with Gasteiger partial charge in [0.1, 0.15) is 0 Å². The third-order valence-corrected chi connectivity index (χ3v) is 5.18. The molecule has 0 fully saturated rings. The van der Waals surface area contributed by atoms with Crippen LogP contribution in [0.25, 0.3) is 22.4 Å². The fraction of sp³-hybridized carbons (Fsp3) is 0.240. The van der Waals surface area contributed by atoms with Crippen molar-refractivity contribution in [2.75, 3.05) is 6.61 Å². The third-order valence-electron chi connectivity index (χ3n) is 4.69. The van der Waals surface area contributed by atoms with Crippen molar-refractivity contribution in [2.24, 2.45) is 5.41 Å². The monoisotopic (exact) mass is 425 g/mol. The van der Waals surface area contributed by atoms with Crippen molar-refractivity contribution in [3.63, 3.8) is 0 Å². The van der Waals surface area contributed by atoms with E-state index in [9.17, 15) is 0 Å². The van der Waals surface area contributed by atoms with E-state index in [1.54, 1.807) is 12.3 Å². The van der Waals surface area contributed by atoms with Gasteiger partial charge in [-0.3, -0.25) is 4.98 Å². The molecule has 1 atom stereocenters. The average Bonchev–Trinajstić information content (AvgIpc) is 2.70. The van der Waals surface area contributed by atoms with E-state index in [-0.39, 0.29) is 11.5 Å². The van der Waals surface area contributed by atoms with Gasteiger partial charge < -0.3 is 4.74 Å². The highest BCUT2D eigenvalue weighted by Crippen LogP contribution is 2.41. The summed E-state index contributed by atoms with van der Waals surface area (Å²) in [5, 5.41) is 2.93. The zero-order valence-corrected chi connectivity index (χ0v) is 18.4. The summed E-state index contributed by atoms with van der Waals surface area (Å²) in [6, 6.07) is 16.2. The second-order valence-corrected chi connectivity index (χ2v) is 8.63. The number of ether oxygens (including phenoxy) is 1. The first kappa shape index (κ1) is 21.6. The molecule has 29 heavy (non-hydrogen) atoms. The lowest BCUT2D eigenvalue weighted by molar-refractivity contribution is 0.0392. The van der Waals surface area contributed by atoms with Gasteiger partial charge in [0.2, 0.25) is 0 Å². The van der Waals surface area contributed by atoms with Crippen LogP contribution in [0, 0.1) is 5.41 Å². The molecule has 3 aromatic rings. The smallest absolute Gasteiger partial charge is 0.0884 e. The van der Waals surface area contributed by atoms with Gasteiger partial charge in [-0.2, -0.15) is 0 Å². The fourth-order valence-corrected chi connectivity index (χ4v) is 3.80. The van der Waals surface area contributed by atoms with Gasteiger partial charge in [-0.05, 0) is 51.6 Å². The zero-order chi connectivity index (χ0) is 20.9. The summed E-state index contributed by atoms with van der Waals surface area (Å²) in [4.78, 5) is 4.27. The van der Waals surface area contributed by atoms with Gasteiger partial charge in [0.25, 0.3) is 0 Å². The Kier molecular flexibility index (Phi) is 7.13. The number of hydrogen-bond acceptors (Lipinski definition) is 2. The summed E-state index contributed by atoms with van der Waals surface area (Å²) in [6.07, 6.45) is 7.33. The first-order valence-electron chi connectivity index (χ1n) is 9.58. The minimum absolute atomic E-state index is 0.172. The Morgan fingerprint density at radius 2 is 1.90 bits per heavy atom. The predicted octanol–water partition coefficient (Wildman–Crippen LogP) is 7.61. The van der Waals surface area contributed by atoms with Gasteiger partial charge in [-0.1, -0.05) is 80.4 Å². The molecule has 150 valence electrons. The minimum Gasteiger partial charge on any atom is -0.369 e. The Labute approximate surface area is 182 Å². The Balaban J connectivity index is 2.27. The number of rotatable bonds is 6. The molecule has 3 rings (SSSR count). The predicted molar refractivity (Wildman–Crippen MR) is 125 cm³/mol. The van der Waals surface area contributed by atoms with Crippen LogP contribution in [0.1, 0.15) is 31.9 Å². The topological polar surface area (TPSA) is 22.1 Å². The second-order valence-electron chi connectivity index (χ2n) is 7.97. The quantitative estimate of drug-likeness (QED) is 0.405. The third kappa shape index (κ3) is 5.27. The van der Waals surface area contributed by atoms with Gasteiger partial charge in [0.15, 0.2) is 0 Å². The molecule has 0 amide bonds. The number of halogens is 2. The van der Waals surface area contributed by atoms with Crippen LogP contribution >= 0.6 is 23.2 Å². The van der Waals surface area contributed by atoms with Crippen molar-refractivity contribution in [2.45, 2.75) is 26.9 Å². The number of aromatic nitrogens is 1. The SMILES string of the molecule is CC(C)(C)C(OC/C=C/Cl)/C(=C\c1cccnc1)c1c(Cl)ccc2ccccc12. The van der Waals surface area contributed by atoms with Crippen LogP contribution in [0.15, 0.2) is 72.5 Å². The molecule has 0 radical (unpaired) electrons. The van der Waals surface area contributed by atoms with E-state index in [0.29, 0.717) is 11.6 Å². The van der Waals surface area contributed by atoms with Crippen molar-refractivity contribution in [3.05, 3.63) is 88.7 Å². The molecule has 2 nitrogen and oxygen atoms in total. The summed E-state index contributed by atoms with van der Waals surface area (Å²) in [6.45, 7) is 6.91. The van der Waals surface area contributed by atoms with Crippen LogP contribution in [0.3, 0.4) is 0 Å². The second kappa shape index (κ2) is 9.58. The molecular weight excluding hydrogens is 401 g/mol. The molecule has 0 aliphatic carbocycles. The molecular formula is C25H25Cl2NO. The standard InChI is InChI=1S/C25H25Cl2NO/c1-25(2,3)24(29-15-7-13-26)21(16-18-8-6-14-28-17-18)23-20-10-5-4-9-19(20)11-12-22(23)27/h4-14,16-17,24H,15H2,1-3H3/b13-7+,21-16-. The Hall–Kier alpha value is -2.13. The lowest BCUT2D eigenvalue weighted by atomic mass is 9.80. The lowest BCUT2D eigenvalue weighted by Crippen LogP contribution is -2.31. The number of hydrogen-bond donors (Lipinski definition) is 0. The average molecular weight is 426 g/mol. The van der Waals surface area contributed by atoms with E-state index in [2.05, 4.69) is 44.0 Å². The van der Waals surface area contributed by atoms with E-state index >= 15 is 0 Å². The summed E-state index contributed by atoms with van der Waals surface area (Å²) >= 11 is 12.5. The lowest BCUT2D eigenvalue weighted by Gasteiger charge is -2.33. The first-order chi connectivity index (χ1) is 13.9. The van der Waals surface area contributed by atoms with Crippen LogP contribution in [-0.4, -0.2) is 17.7 Å². The summed E-state index contributed by atoms with van der Waals surface area (Å²) in [5.41, 5.74) is 4.32. The number of fused-ring (bicyclic) bond motifs is 1. The normalized spacial score (nSPS) is 13.9. The summed E-state index contributed by atoms with van der Waals surface area (Å²) in [5.74, 6) is 0. The molecule has 0 N–H and O–H groups in total. The Morgan fingerprint density at radius 1 is 1.10 bits per heavy atom. The molecule has 0 aliphatic rings. The van der Waals surface area contributed by atoms with Gasteiger partial charge in [-0.25, -0.2) is 0 Å². The van der Waals surface area contributed by atoms with Gasteiger partial charge >= 0.3 is 0 Å². The van der Waals surface area contributed by atoms with Crippen LogP contribution in [0.5, 0.6) is 0 Å². The first-order valence-corrected chi connectivity index (χ1v) is 10.4. The largest absolute Gasteiger partial charge is 0.369 e. The molecule has 4 heteroatoms. The molecule has 2 aromatic carbocycles. The van der Waals surface area contributed by atoms with Gasteiger partial charge in [0, 0.05) is 28.5 Å². The van der Waals surface area contributed by atoms with Crippen LogP contribution in [0.4, 0.5) is 0 Å². The molecule has 0 bridgehead atoms. The minimum atomic E-state index is -0.209. The van der Waals surface area contributed by atoms with E-state index in [0.717, 1.165) is 27.5 Å². The maximum absolute atomic E-state index is 6.77. The van der Waals surface area contributed by atoms with E-state index in [1.807, 2.05) is 42.6 Å². The Bertz CT molecular complexity index is 1020. The molecule has 1 unspecified atom stereocenters. The van der Waals surface area contributed by atoms with Crippen molar-refractivity contribution < 1.29 is 4.74 Å². The number of pyridine rings is 1. The fourth-order valence-electron chi connectivity index (χ4n) is 3.45. The van der Waals surface area contributed by atoms with Crippen molar-refractivity contribution in [3.8, 4) is 0 Å². The summed E-state index contributed by atoms with van der Waals surface area (Å²) < 4.78 is 6.32. The maximum Gasteiger partial charge on any atom is 0.0884 e. The van der Waals surface area contributed by atoms with Gasteiger partial charge in [-0.15, -0.1) is 0 Å². The van der Waals surface area contributed by atoms with E-state index < -0.39 is 0 Å². The maximum atomic E-state index is 6.77. The van der Waals surface area contributed by atoms with E-state index in [1.165, 1.54) is 5.54 Å². The highest BCUT2D eigenvalue weighted by molar-refractivity contribution is 6.34. The van der Waals surface area contributed by atoms with Crippen LogP contribution in [-0.2, 0) is 4.74 Å². The molecule has 0 aliphatic heterocycles.